The van der Waals surface area contributed by atoms with Crippen LogP contribution in [-0.4, -0.2) is 50.8 Å². The molecule has 0 radical (unpaired) electrons. The SMILES string of the molecule is COC(=O)C1Cc2ccccc2N1C(=O)c1ccc(Cl)c(S(=O)(=O)N2CCCCCC2)c1. The first-order chi connectivity index (χ1) is 15.3. The second kappa shape index (κ2) is 9.21. The number of hydrogen-bond acceptors (Lipinski definition) is 5. The van der Waals surface area contributed by atoms with Crippen LogP contribution in [0.25, 0.3) is 0 Å². The molecule has 2 aliphatic rings. The van der Waals surface area contributed by atoms with E-state index in [1.807, 2.05) is 12.1 Å². The Labute approximate surface area is 193 Å². The van der Waals surface area contributed by atoms with Gasteiger partial charge in [0.05, 0.1) is 12.1 Å². The topological polar surface area (TPSA) is 84.0 Å². The van der Waals surface area contributed by atoms with E-state index in [2.05, 4.69) is 0 Å². The summed E-state index contributed by atoms with van der Waals surface area (Å²) in [6.45, 7) is 0.863. The Hall–Kier alpha value is -2.42. The fraction of sp³-hybridized carbons (Fsp3) is 0.391. The largest absolute Gasteiger partial charge is 0.467 e. The van der Waals surface area contributed by atoms with Crippen LogP contribution in [0, 0.1) is 0 Å². The summed E-state index contributed by atoms with van der Waals surface area (Å²) < 4.78 is 33.0. The van der Waals surface area contributed by atoms with E-state index in [0.717, 1.165) is 31.2 Å². The minimum Gasteiger partial charge on any atom is -0.467 e. The number of sulfonamides is 1. The number of fused-ring (bicyclic) bond motifs is 1. The molecule has 2 heterocycles. The third-order valence-corrected chi connectivity index (χ3v) is 8.41. The van der Waals surface area contributed by atoms with Gasteiger partial charge in [-0.1, -0.05) is 42.6 Å². The molecule has 7 nitrogen and oxygen atoms in total. The normalized spacial score (nSPS) is 19.3. The number of ether oxygens (including phenoxy) is 1. The van der Waals surface area contributed by atoms with Crippen molar-refractivity contribution in [2.75, 3.05) is 25.1 Å². The number of benzene rings is 2. The molecular weight excluding hydrogens is 452 g/mol. The van der Waals surface area contributed by atoms with Crippen LogP contribution in [0.3, 0.4) is 0 Å². The van der Waals surface area contributed by atoms with E-state index >= 15 is 0 Å². The fourth-order valence-corrected chi connectivity index (χ4v) is 6.37. The van der Waals surface area contributed by atoms with Crippen molar-refractivity contribution >= 4 is 39.2 Å². The zero-order valence-electron chi connectivity index (χ0n) is 17.8. The fourth-order valence-electron chi connectivity index (χ4n) is 4.36. The number of methoxy groups -OCH3 is 1. The van der Waals surface area contributed by atoms with E-state index in [0.29, 0.717) is 25.2 Å². The lowest BCUT2D eigenvalue weighted by Crippen LogP contribution is -2.43. The second-order valence-electron chi connectivity index (χ2n) is 8.01. The molecule has 2 aromatic carbocycles. The number of hydrogen-bond donors (Lipinski definition) is 0. The molecule has 1 amide bonds. The molecule has 4 rings (SSSR count). The smallest absolute Gasteiger partial charge is 0.329 e. The van der Waals surface area contributed by atoms with Crippen LogP contribution >= 0.6 is 11.6 Å². The molecule has 1 unspecified atom stereocenters. The van der Waals surface area contributed by atoms with Gasteiger partial charge in [0.25, 0.3) is 5.91 Å². The number of carbonyl (C=O) groups excluding carboxylic acids is 2. The van der Waals surface area contributed by atoms with E-state index in [-0.39, 0.29) is 15.5 Å². The standard InChI is InChI=1S/C23H25ClN2O5S/c1-31-23(28)20-14-16-8-4-5-9-19(16)26(20)22(27)17-10-11-18(24)21(15-17)32(29,30)25-12-6-2-3-7-13-25/h4-5,8-11,15,20H,2-3,6-7,12-14H2,1H3. The highest BCUT2D eigenvalue weighted by Gasteiger charge is 2.40. The van der Waals surface area contributed by atoms with Crippen LogP contribution in [0.15, 0.2) is 47.4 Å². The average molecular weight is 477 g/mol. The number of rotatable bonds is 4. The first-order valence-corrected chi connectivity index (χ1v) is 12.5. The summed E-state index contributed by atoms with van der Waals surface area (Å²) in [6, 6.07) is 10.7. The number of halogens is 1. The summed E-state index contributed by atoms with van der Waals surface area (Å²) in [5, 5.41) is 0.0668. The van der Waals surface area contributed by atoms with E-state index in [4.69, 9.17) is 16.3 Å². The number of amides is 1. The zero-order chi connectivity index (χ0) is 22.9. The Morgan fingerprint density at radius 2 is 1.72 bits per heavy atom. The molecule has 0 bridgehead atoms. The summed E-state index contributed by atoms with van der Waals surface area (Å²) >= 11 is 6.28. The molecule has 2 aliphatic heterocycles. The van der Waals surface area contributed by atoms with Crippen LogP contribution in [0.1, 0.15) is 41.6 Å². The summed E-state index contributed by atoms with van der Waals surface area (Å²) in [5.74, 6) is -1.00. The molecule has 9 heteroatoms. The van der Waals surface area contributed by atoms with Crippen molar-refractivity contribution in [3.63, 3.8) is 0 Å². The molecule has 0 saturated carbocycles. The average Bonchev–Trinajstić information content (AvgIpc) is 2.96. The molecule has 0 aromatic heterocycles. The third-order valence-electron chi connectivity index (χ3n) is 6.03. The van der Waals surface area contributed by atoms with E-state index in [1.165, 1.54) is 34.5 Å². The lowest BCUT2D eigenvalue weighted by molar-refractivity contribution is -0.141. The molecule has 1 fully saturated rings. The summed E-state index contributed by atoms with van der Waals surface area (Å²) in [6.07, 6.45) is 3.89. The molecule has 2 aromatic rings. The van der Waals surface area contributed by atoms with Crippen molar-refractivity contribution in [3.05, 3.63) is 58.6 Å². The maximum absolute atomic E-state index is 13.5. The summed E-state index contributed by atoms with van der Waals surface area (Å²) in [4.78, 5) is 27.2. The summed E-state index contributed by atoms with van der Waals surface area (Å²) in [7, 11) is -2.57. The van der Waals surface area contributed by atoms with Crippen LogP contribution in [0.2, 0.25) is 5.02 Å². The number of nitrogens with zero attached hydrogens (tertiary/aromatic N) is 2. The van der Waals surface area contributed by atoms with Crippen molar-refractivity contribution in [1.29, 1.82) is 0 Å². The van der Waals surface area contributed by atoms with Gasteiger partial charge >= 0.3 is 5.97 Å². The van der Waals surface area contributed by atoms with Gasteiger partial charge < -0.3 is 4.74 Å². The van der Waals surface area contributed by atoms with Crippen molar-refractivity contribution < 1.29 is 22.7 Å². The third kappa shape index (κ3) is 4.14. The van der Waals surface area contributed by atoms with Gasteiger partial charge in [0.1, 0.15) is 10.9 Å². The Balaban J connectivity index is 1.72. The van der Waals surface area contributed by atoms with E-state index < -0.39 is 27.9 Å². The Morgan fingerprint density at radius 3 is 2.41 bits per heavy atom. The number of para-hydroxylation sites is 1. The number of esters is 1. The van der Waals surface area contributed by atoms with Crippen LogP contribution in [0.4, 0.5) is 5.69 Å². The number of carbonyl (C=O) groups is 2. The quantitative estimate of drug-likeness (QED) is 0.629. The van der Waals surface area contributed by atoms with Crippen LogP contribution < -0.4 is 4.90 Å². The highest BCUT2D eigenvalue weighted by molar-refractivity contribution is 7.89. The maximum atomic E-state index is 13.5. The second-order valence-corrected chi connectivity index (χ2v) is 10.3. The first-order valence-electron chi connectivity index (χ1n) is 10.6. The zero-order valence-corrected chi connectivity index (χ0v) is 19.4. The molecule has 170 valence electrons. The van der Waals surface area contributed by atoms with Crippen LogP contribution in [0.5, 0.6) is 0 Å². The van der Waals surface area contributed by atoms with Gasteiger partial charge in [-0.15, -0.1) is 0 Å². The lowest BCUT2D eigenvalue weighted by atomic mass is 10.1. The molecule has 0 spiro atoms. The molecule has 0 aliphatic carbocycles. The minimum atomic E-state index is -3.85. The lowest BCUT2D eigenvalue weighted by Gasteiger charge is -2.25. The van der Waals surface area contributed by atoms with Crippen molar-refractivity contribution in [2.45, 2.75) is 43.0 Å². The van der Waals surface area contributed by atoms with Gasteiger partial charge in [0.2, 0.25) is 10.0 Å². The van der Waals surface area contributed by atoms with E-state index in [1.54, 1.807) is 12.1 Å². The van der Waals surface area contributed by atoms with Crippen molar-refractivity contribution in [2.24, 2.45) is 0 Å². The van der Waals surface area contributed by atoms with Crippen molar-refractivity contribution in [3.8, 4) is 0 Å². The monoisotopic (exact) mass is 476 g/mol. The highest BCUT2D eigenvalue weighted by atomic mass is 35.5. The molecule has 0 N–H and O–H groups in total. The van der Waals surface area contributed by atoms with Crippen molar-refractivity contribution in [1.82, 2.24) is 4.31 Å². The van der Waals surface area contributed by atoms with Crippen LogP contribution in [-0.2, 0) is 26.0 Å². The molecular formula is C23H25ClN2O5S. The highest BCUT2D eigenvalue weighted by Crippen LogP contribution is 2.35. The van der Waals surface area contributed by atoms with Gasteiger partial charge in [-0.3, -0.25) is 9.69 Å². The first kappa shape index (κ1) is 22.8. The predicted molar refractivity (Wildman–Crippen MR) is 121 cm³/mol. The van der Waals surface area contributed by atoms with E-state index in [9.17, 15) is 18.0 Å². The van der Waals surface area contributed by atoms with Gasteiger partial charge in [0, 0.05) is 30.8 Å². The summed E-state index contributed by atoms with van der Waals surface area (Å²) in [5.41, 5.74) is 1.61. The Kier molecular flexibility index (Phi) is 6.55. The predicted octanol–water partition coefficient (Wildman–Crippen LogP) is 3.65. The number of anilines is 1. The van der Waals surface area contributed by atoms with Gasteiger partial charge in [-0.25, -0.2) is 13.2 Å². The molecule has 1 atom stereocenters. The Morgan fingerprint density at radius 1 is 1.03 bits per heavy atom. The minimum absolute atomic E-state index is 0.0668. The van der Waals surface area contributed by atoms with Gasteiger partial charge in [0.15, 0.2) is 0 Å². The molecule has 32 heavy (non-hydrogen) atoms. The van der Waals surface area contributed by atoms with Gasteiger partial charge in [-0.2, -0.15) is 4.31 Å². The maximum Gasteiger partial charge on any atom is 0.329 e. The Bertz CT molecular complexity index is 1140. The molecule has 1 saturated heterocycles. The van der Waals surface area contributed by atoms with Gasteiger partial charge in [-0.05, 0) is 42.7 Å².